The summed E-state index contributed by atoms with van der Waals surface area (Å²) in [5.41, 5.74) is 0.411. The van der Waals surface area contributed by atoms with Gasteiger partial charge in [-0.05, 0) is 18.9 Å². The number of ether oxygens (including phenoxy) is 1. The van der Waals surface area contributed by atoms with Gasteiger partial charge in [0, 0.05) is 6.54 Å². The first-order chi connectivity index (χ1) is 9.43. The van der Waals surface area contributed by atoms with Crippen LogP contribution in [0.25, 0.3) is 0 Å². The molecule has 1 aromatic rings. The van der Waals surface area contributed by atoms with Crippen LogP contribution in [0.3, 0.4) is 0 Å². The summed E-state index contributed by atoms with van der Waals surface area (Å²) in [7, 11) is 1.33. The predicted octanol–water partition coefficient (Wildman–Crippen LogP) is 1.24. The second-order valence-electron chi connectivity index (χ2n) is 4.98. The maximum absolute atomic E-state index is 11.5. The fourth-order valence-electron chi connectivity index (χ4n) is 1.62. The van der Waals surface area contributed by atoms with Crippen molar-refractivity contribution >= 4 is 11.9 Å². The molecule has 0 atom stereocenters. The third-order valence-electron chi connectivity index (χ3n) is 2.67. The van der Waals surface area contributed by atoms with Crippen LogP contribution in [-0.4, -0.2) is 32.1 Å². The van der Waals surface area contributed by atoms with Gasteiger partial charge in [-0.3, -0.25) is 4.79 Å². The third-order valence-corrected chi connectivity index (χ3v) is 2.67. The van der Waals surface area contributed by atoms with E-state index in [1.165, 1.54) is 7.11 Å². The average molecular weight is 282 g/mol. The highest BCUT2D eigenvalue weighted by Gasteiger charge is 2.15. The van der Waals surface area contributed by atoms with Crippen LogP contribution in [0.1, 0.15) is 35.7 Å². The summed E-state index contributed by atoms with van der Waals surface area (Å²) in [5.74, 6) is 1.05. The molecular weight excluding hydrogens is 260 g/mol. The topological polar surface area (TPSA) is 80.6 Å². The maximum Gasteiger partial charge on any atom is 0.341 e. The van der Waals surface area contributed by atoms with Gasteiger partial charge in [-0.25, -0.2) is 4.79 Å². The van der Waals surface area contributed by atoms with E-state index in [4.69, 9.17) is 4.42 Å². The van der Waals surface area contributed by atoms with E-state index in [0.717, 1.165) is 0 Å². The molecular formula is C14H22N2O4. The van der Waals surface area contributed by atoms with Gasteiger partial charge in [-0.1, -0.05) is 13.8 Å². The molecule has 2 N–H and O–H groups in total. The Labute approximate surface area is 118 Å². The summed E-state index contributed by atoms with van der Waals surface area (Å²) in [5, 5.41) is 5.77. The van der Waals surface area contributed by atoms with Gasteiger partial charge in [0.1, 0.15) is 17.1 Å². The summed E-state index contributed by atoms with van der Waals surface area (Å²) in [6.07, 6.45) is 0. The fourth-order valence-corrected chi connectivity index (χ4v) is 1.62. The molecule has 0 aliphatic carbocycles. The van der Waals surface area contributed by atoms with Crippen LogP contribution >= 0.6 is 0 Å². The minimum absolute atomic E-state index is 0.0600. The molecule has 1 amide bonds. The van der Waals surface area contributed by atoms with Crippen molar-refractivity contribution < 1.29 is 18.7 Å². The number of nitrogens with one attached hydrogen (secondary N) is 2. The van der Waals surface area contributed by atoms with Crippen molar-refractivity contribution in [2.24, 2.45) is 5.92 Å². The number of hydrogen-bond acceptors (Lipinski definition) is 5. The molecule has 1 aromatic heterocycles. The first-order valence-electron chi connectivity index (χ1n) is 6.59. The van der Waals surface area contributed by atoms with Crippen molar-refractivity contribution in [3.63, 3.8) is 0 Å². The van der Waals surface area contributed by atoms with Crippen molar-refractivity contribution in [2.75, 3.05) is 20.2 Å². The van der Waals surface area contributed by atoms with E-state index in [-0.39, 0.29) is 12.5 Å². The molecule has 112 valence electrons. The number of rotatable bonds is 7. The summed E-state index contributed by atoms with van der Waals surface area (Å²) in [6.45, 7) is 7.02. The molecule has 0 radical (unpaired) electrons. The highest BCUT2D eigenvalue weighted by molar-refractivity contribution is 5.90. The van der Waals surface area contributed by atoms with Crippen LogP contribution in [0.15, 0.2) is 10.5 Å². The number of furan rings is 1. The molecule has 0 aliphatic rings. The van der Waals surface area contributed by atoms with Crippen molar-refractivity contribution in [3.05, 3.63) is 23.2 Å². The Balaban J connectivity index is 2.39. The fraction of sp³-hybridized carbons (Fsp3) is 0.571. The first-order valence-corrected chi connectivity index (χ1v) is 6.59. The molecule has 0 unspecified atom stereocenters. The smallest absolute Gasteiger partial charge is 0.341 e. The van der Waals surface area contributed by atoms with E-state index >= 15 is 0 Å². The van der Waals surface area contributed by atoms with Crippen LogP contribution in [0, 0.1) is 12.8 Å². The van der Waals surface area contributed by atoms with Gasteiger partial charge in [0.15, 0.2) is 0 Å². The molecule has 0 aliphatic heterocycles. The molecule has 0 saturated carbocycles. The van der Waals surface area contributed by atoms with Crippen LogP contribution in [0.5, 0.6) is 0 Å². The summed E-state index contributed by atoms with van der Waals surface area (Å²) < 4.78 is 10.1. The molecule has 0 fully saturated rings. The normalized spacial score (nSPS) is 10.7. The largest absolute Gasteiger partial charge is 0.465 e. The van der Waals surface area contributed by atoms with Crippen LogP contribution in [0.4, 0.5) is 0 Å². The van der Waals surface area contributed by atoms with Gasteiger partial charge in [0.05, 0.1) is 20.2 Å². The molecule has 1 heterocycles. The average Bonchev–Trinajstić information content (AvgIpc) is 2.76. The van der Waals surface area contributed by atoms with E-state index in [1.807, 2.05) is 13.8 Å². The van der Waals surface area contributed by atoms with Gasteiger partial charge in [-0.2, -0.15) is 0 Å². The van der Waals surface area contributed by atoms with Crippen LogP contribution in [0.2, 0.25) is 0 Å². The lowest BCUT2D eigenvalue weighted by atomic mass is 10.2. The van der Waals surface area contributed by atoms with Gasteiger partial charge in [-0.15, -0.1) is 0 Å². The lowest BCUT2D eigenvalue weighted by molar-refractivity contribution is -0.120. The molecule has 0 spiro atoms. The Morgan fingerprint density at radius 2 is 2.10 bits per heavy atom. The second-order valence-corrected chi connectivity index (χ2v) is 4.98. The molecule has 6 heteroatoms. The highest BCUT2D eigenvalue weighted by Crippen LogP contribution is 2.15. The Morgan fingerprint density at radius 3 is 2.70 bits per heavy atom. The van der Waals surface area contributed by atoms with E-state index in [1.54, 1.807) is 13.0 Å². The summed E-state index contributed by atoms with van der Waals surface area (Å²) in [4.78, 5) is 22.9. The Bertz CT molecular complexity index is 466. The Morgan fingerprint density at radius 1 is 1.40 bits per heavy atom. The highest BCUT2D eigenvalue weighted by atomic mass is 16.5. The Hall–Kier alpha value is -1.82. The number of methoxy groups -OCH3 is 1. The lowest BCUT2D eigenvalue weighted by Gasteiger charge is -2.07. The maximum atomic E-state index is 11.5. The van der Waals surface area contributed by atoms with E-state index in [0.29, 0.717) is 36.1 Å². The Kier molecular flexibility index (Phi) is 6.24. The van der Waals surface area contributed by atoms with Crippen LogP contribution < -0.4 is 10.6 Å². The van der Waals surface area contributed by atoms with Crippen molar-refractivity contribution in [1.82, 2.24) is 10.6 Å². The van der Waals surface area contributed by atoms with Crippen LogP contribution in [-0.2, 0) is 16.1 Å². The molecule has 20 heavy (non-hydrogen) atoms. The van der Waals surface area contributed by atoms with Gasteiger partial charge >= 0.3 is 5.97 Å². The number of hydrogen-bond donors (Lipinski definition) is 2. The molecule has 1 rings (SSSR count). The molecule has 0 aromatic carbocycles. The second kappa shape index (κ2) is 7.69. The number of carbonyl (C=O) groups is 2. The monoisotopic (exact) mass is 282 g/mol. The third kappa shape index (κ3) is 5.05. The van der Waals surface area contributed by atoms with Gasteiger partial charge in [0.2, 0.25) is 5.91 Å². The van der Waals surface area contributed by atoms with Crippen molar-refractivity contribution in [2.45, 2.75) is 27.3 Å². The quantitative estimate of drug-likeness (QED) is 0.735. The van der Waals surface area contributed by atoms with E-state index in [2.05, 4.69) is 15.4 Å². The number of amides is 1. The molecule has 6 nitrogen and oxygen atoms in total. The summed E-state index contributed by atoms with van der Waals surface area (Å²) in [6, 6.07) is 1.63. The minimum Gasteiger partial charge on any atom is -0.465 e. The van der Waals surface area contributed by atoms with Gasteiger partial charge < -0.3 is 19.8 Å². The standard InChI is InChI=1S/C14H22N2O4/c1-9(2)6-16-13(17)8-15-7-11-5-12(10(3)20-11)14(18)19-4/h5,9,15H,6-8H2,1-4H3,(H,16,17). The zero-order valence-electron chi connectivity index (χ0n) is 12.4. The predicted molar refractivity (Wildman–Crippen MR) is 74.3 cm³/mol. The number of carbonyl (C=O) groups excluding carboxylic acids is 2. The van der Waals surface area contributed by atoms with E-state index < -0.39 is 5.97 Å². The first kappa shape index (κ1) is 16.2. The van der Waals surface area contributed by atoms with Crippen molar-refractivity contribution in [3.8, 4) is 0 Å². The molecule has 0 bridgehead atoms. The zero-order valence-corrected chi connectivity index (χ0v) is 12.4. The van der Waals surface area contributed by atoms with Crippen molar-refractivity contribution in [1.29, 1.82) is 0 Å². The van der Waals surface area contributed by atoms with Gasteiger partial charge in [0.25, 0.3) is 0 Å². The molecule has 0 saturated heterocycles. The lowest BCUT2D eigenvalue weighted by Crippen LogP contribution is -2.35. The number of aryl methyl sites for hydroxylation is 1. The zero-order chi connectivity index (χ0) is 15.1. The SMILES string of the molecule is COC(=O)c1cc(CNCC(=O)NCC(C)C)oc1C. The summed E-state index contributed by atoms with van der Waals surface area (Å²) >= 11 is 0. The van der Waals surface area contributed by atoms with E-state index in [9.17, 15) is 9.59 Å². The minimum atomic E-state index is -0.424. The number of esters is 1.